The van der Waals surface area contributed by atoms with Gasteiger partial charge in [0.05, 0.1) is 0 Å². The van der Waals surface area contributed by atoms with Crippen molar-refractivity contribution in [3.63, 3.8) is 0 Å². The van der Waals surface area contributed by atoms with Crippen LogP contribution in [0.15, 0.2) is 24.8 Å². The first-order valence-corrected chi connectivity index (χ1v) is 2.84. The highest BCUT2D eigenvalue weighted by Gasteiger charge is 2.02. The molecule has 0 bridgehead atoms. The summed E-state index contributed by atoms with van der Waals surface area (Å²) >= 11 is 0. The lowest BCUT2D eigenvalue weighted by Gasteiger charge is -1.79. The van der Waals surface area contributed by atoms with Crippen molar-refractivity contribution in [3.8, 4) is 11.6 Å². The number of imidazole rings is 1. The van der Waals surface area contributed by atoms with E-state index in [4.69, 9.17) is 0 Å². The number of hydrogen-bond acceptors (Lipinski definition) is 4. The maximum atomic E-state index is 3.97. The van der Waals surface area contributed by atoms with E-state index in [1.165, 1.54) is 6.33 Å². The van der Waals surface area contributed by atoms with E-state index < -0.39 is 0 Å². The molecule has 0 saturated carbocycles. The van der Waals surface area contributed by atoms with Gasteiger partial charge in [-0.05, 0) is 6.07 Å². The monoisotopic (exact) mass is 132 g/mol. The van der Waals surface area contributed by atoms with E-state index >= 15 is 0 Å². The van der Waals surface area contributed by atoms with Crippen molar-refractivity contribution in [3.05, 3.63) is 24.8 Å². The smallest absolute Gasteiger partial charge is 0.199 e. The third kappa shape index (κ3) is 0.699. The lowest BCUT2D eigenvalue weighted by molar-refractivity contribution is 1.22. The summed E-state index contributed by atoms with van der Waals surface area (Å²) in [5.74, 6) is 1.18. The molecule has 0 unspecified atom stereocenters. The van der Waals surface area contributed by atoms with Crippen molar-refractivity contribution in [2.45, 2.75) is 0 Å². The molecule has 0 N–H and O–H groups in total. The maximum Gasteiger partial charge on any atom is 0.199 e. The van der Waals surface area contributed by atoms with E-state index in [1.54, 1.807) is 18.5 Å². The third-order valence-corrected chi connectivity index (χ3v) is 1.13. The Bertz CT molecular complexity index is 281. The summed E-state index contributed by atoms with van der Waals surface area (Å²) in [7, 11) is 0. The summed E-state index contributed by atoms with van der Waals surface area (Å²) in [4.78, 5) is 15.7. The molecular weight excluding hydrogens is 128 g/mol. The molecule has 0 aliphatic carbocycles. The van der Waals surface area contributed by atoms with Gasteiger partial charge in [-0.25, -0.2) is 19.9 Å². The van der Waals surface area contributed by atoms with Gasteiger partial charge >= 0.3 is 0 Å². The molecule has 2 heterocycles. The Kier molecular flexibility index (Phi) is 1.04. The van der Waals surface area contributed by atoms with Crippen molar-refractivity contribution >= 4 is 0 Å². The van der Waals surface area contributed by atoms with Crippen LogP contribution in [0.4, 0.5) is 0 Å². The molecule has 0 spiro atoms. The van der Waals surface area contributed by atoms with E-state index in [1.807, 2.05) is 0 Å². The molecule has 0 atom stereocenters. The van der Waals surface area contributed by atoms with Crippen LogP contribution < -0.4 is 0 Å². The van der Waals surface area contributed by atoms with Crippen molar-refractivity contribution in [2.24, 2.45) is 0 Å². The van der Waals surface area contributed by atoms with Gasteiger partial charge in [0.1, 0.15) is 6.33 Å². The van der Waals surface area contributed by atoms with Crippen molar-refractivity contribution in [2.75, 3.05) is 0 Å². The molecule has 0 amide bonds. The molecule has 4 nitrogen and oxygen atoms in total. The van der Waals surface area contributed by atoms with Gasteiger partial charge in [-0.1, -0.05) is 0 Å². The Morgan fingerprint density at radius 1 is 0.800 bits per heavy atom. The van der Waals surface area contributed by atoms with Gasteiger partial charge in [-0.3, -0.25) is 0 Å². The fraction of sp³-hybridized carbons (Fsp3) is 0. The molecule has 0 fully saturated rings. The lowest BCUT2D eigenvalue weighted by Crippen LogP contribution is -1.78. The first-order chi connectivity index (χ1) is 4.97. The van der Waals surface area contributed by atoms with Crippen LogP contribution in [0.2, 0.25) is 0 Å². The third-order valence-electron chi connectivity index (χ3n) is 1.13. The van der Waals surface area contributed by atoms with E-state index in [-0.39, 0.29) is 0 Å². The summed E-state index contributed by atoms with van der Waals surface area (Å²) in [6.07, 6.45) is 4.73. The van der Waals surface area contributed by atoms with Crippen LogP contribution >= 0.6 is 0 Å². The van der Waals surface area contributed by atoms with E-state index in [9.17, 15) is 0 Å². The van der Waals surface area contributed by atoms with Crippen LogP contribution in [0.25, 0.3) is 11.6 Å². The van der Waals surface area contributed by atoms with Crippen molar-refractivity contribution < 1.29 is 0 Å². The molecule has 2 aliphatic heterocycles. The molecule has 2 rings (SSSR count). The molecule has 0 aromatic heterocycles. The number of rotatable bonds is 0. The Morgan fingerprint density at radius 3 is 2.00 bits per heavy atom. The lowest BCUT2D eigenvalue weighted by atomic mass is 10.6. The van der Waals surface area contributed by atoms with E-state index in [2.05, 4.69) is 19.9 Å². The summed E-state index contributed by atoms with van der Waals surface area (Å²) in [6.45, 7) is 0. The Hall–Kier alpha value is -1.58. The molecule has 0 radical (unpaired) electrons. The fourth-order valence-electron chi connectivity index (χ4n) is 0.702. The molecule has 10 heavy (non-hydrogen) atoms. The predicted octanol–water partition coefficient (Wildman–Crippen LogP) is 0.371. The van der Waals surface area contributed by atoms with E-state index in [0.29, 0.717) is 11.6 Å². The van der Waals surface area contributed by atoms with Crippen LogP contribution in [0.3, 0.4) is 0 Å². The molecule has 48 valence electrons. The van der Waals surface area contributed by atoms with Gasteiger partial charge in [0.25, 0.3) is 0 Å². The Morgan fingerprint density at radius 2 is 1.40 bits per heavy atom. The fourth-order valence-corrected chi connectivity index (χ4v) is 0.702. The van der Waals surface area contributed by atoms with E-state index in [0.717, 1.165) is 0 Å². The average molecular weight is 132 g/mol. The highest BCUT2D eigenvalue weighted by atomic mass is 15.0. The molecule has 0 saturated heterocycles. The second kappa shape index (κ2) is 1.98. The Balaban J connectivity index is 2.74. The number of hydrogen-bond donors (Lipinski definition) is 0. The van der Waals surface area contributed by atoms with Crippen LogP contribution in [-0.4, -0.2) is 19.9 Å². The van der Waals surface area contributed by atoms with Gasteiger partial charge in [0, 0.05) is 12.4 Å². The van der Waals surface area contributed by atoms with Crippen LogP contribution in [0, 0.1) is 0 Å². The first-order valence-electron chi connectivity index (χ1n) is 2.84. The zero-order chi connectivity index (χ0) is 6.81. The summed E-state index contributed by atoms with van der Waals surface area (Å²) in [6, 6.07) is 1.74. The Labute approximate surface area is 57.3 Å². The minimum atomic E-state index is 0.588. The topological polar surface area (TPSA) is 51.6 Å². The van der Waals surface area contributed by atoms with Crippen LogP contribution in [0.5, 0.6) is 0 Å². The quantitative estimate of drug-likeness (QED) is 0.519. The number of fused-ring (bicyclic) bond motifs is 1. The maximum absolute atomic E-state index is 3.97. The highest BCUT2D eigenvalue weighted by Crippen LogP contribution is 2.05. The van der Waals surface area contributed by atoms with Gasteiger partial charge in [-0.2, -0.15) is 0 Å². The van der Waals surface area contributed by atoms with Gasteiger partial charge < -0.3 is 0 Å². The largest absolute Gasteiger partial charge is 0.234 e. The normalized spacial score (nSPS) is 10.0. The van der Waals surface area contributed by atoms with Crippen LogP contribution in [0.1, 0.15) is 0 Å². The second-order valence-electron chi connectivity index (χ2n) is 1.77. The van der Waals surface area contributed by atoms with Gasteiger partial charge in [0.2, 0.25) is 0 Å². The standard InChI is InChI=1S/C6H4N4/c1-2-7-5-6(8-3-1)10-4-9-5/h1-4H. The molecule has 0 aromatic carbocycles. The van der Waals surface area contributed by atoms with Crippen molar-refractivity contribution in [1.29, 1.82) is 0 Å². The molecule has 4 heteroatoms. The second-order valence-corrected chi connectivity index (χ2v) is 1.77. The first kappa shape index (κ1) is 5.22. The summed E-state index contributed by atoms with van der Waals surface area (Å²) < 4.78 is 0. The SMILES string of the molecule is c1cnc2ncnc-2nc1. The molecule has 0 aromatic rings. The zero-order valence-electron chi connectivity index (χ0n) is 5.10. The summed E-state index contributed by atoms with van der Waals surface area (Å²) in [5.41, 5.74) is 0. The molecule has 2 aliphatic rings. The number of nitrogens with zero attached hydrogens (tertiary/aromatic N) is 4. The average Bonchev–Trinajstić information content (AvgIpc) is 2.28. The minimum Gasteiger partial charge on any atom is -0.234 e. The van der Waals surface area contributed by atoms with Crippen LogP contribution in [-0.2, 0) is 0 Å². The van der Waals surface area contributed by atoms with Gasteiger partial charge in [0.15, 0.2) is 11.6 Å². The summed E-state index contributed by atoms with van der Waals surface area (Å²) in [5, 5.41) is 0. The molecular formula is C6H4N4. The van der Waals surface area contributed by atoms with Crippen molar-refractivity contribution in [1.82, 2.24) is 19.9 Å². The minimum absolute atomic E-state index is 0.588. The predicted molar refractivity (Wildman–Crippen MR) is 34.2 cm³/mol. The highest BCUT2D eigenvalue weighted by molar-refractivity contribution is 5.41. The number of aromatic nitrogens is 4. The zero-order valence-corrected chi connectivity index (χ0v) is 5.10. The van der Waals surface area contributed by atoms with Gasteiger partial charge in [-0.15, -0.1) is 0 Å².